The van der Waals surface area contributed by atoms with Crippen molar-refractivity contribution in [3.63, 3.8) is 0 Å². The standard InChI is InChI=1S/C15H25NO3/c1-2-3-4-5-6-7-8-9-11-16-12-10-13(17)14(18)15(16)19/h10,12H,2-9,11H2,1H3,(H2,17,18,19)/p+1. The fourth-order valence-electron chi connectivity index (χ4n) is 2.16. The molecule has 0 saturated carbocycles. The monoisotopic (exact) mass is 268 g/mol. The van der Waals surface area contributed by atoms with E-state index in [2.05, 4.69) is 6.92 Å². The Morgan fingerprint density at radius 3 is 2.11 bits per heavy atom. The number of pyridine rings is 1. The van der Waals surface area contributed by atoms with Gasteiger partial charge in [0.05, 0.1) is 0 Å². The number of nitrogens with zero attached hydrogens (tertiary/aromatic N) is 1. The Kier molecular flexibility index (Phi) is 7.08. The molecular formula is C15H26NO3+. The van der Waals surface area contributed by atoms with Crippen LogP contribution in [0.4, 0.5) is 0 Å². The van der Waals surface area contributed by atoms with Crippen LogP contribution in [-0.4, -0.2) is 15.3 Å². The summed E-state index contributed by atoms with van der Waals surface area (Å²) in [7, 11) is 0. The van der Waals surface area contributed by atoms with Gasteiger partial charge in [-0.2, -0.15) is 4.57 Å². The Morgan fingerprint density at radius 2 is 1.47 bits per heavy atom. The average molecular weight is 268 g/mol. The summed E-state index contributed by atoms with van der Waals surface area (Å²) in [6.07, 6.45) is 11.4. The molecule has 108 valence electrons. The highest BCUT2D eigenvalue weighted by atomic mass is 16.3. The molecule has 0 atom stereocenters. The van der Waals surface area contributed by atoms with Gasteiger partial charge < -0.3 is 15.3 Å². The van der Waals surface area contributed by atoms with Crippen LogP contribution in [0.15, 0.2) is 12.3 Å². The largest absolute Gasteiger partial charge is 0.504 e. The van der Waals surface area contributed by atoms with Gasteiger partial charge in [0.15, 0.2) is 18.5 Å². The van der Waals surface area contributed by atoms with Crippen LogP contribution in [-0.2, 0) is 6.54 Å². The minimum Gasteiger partial charge on any atom is -0.504 e. The first-order valence-electron chi connectivity index (χ1n) is 7.30. The second-order valence-electron chi connectivity index (χ2n) is 5.04. The van der Waals surface area contributed by atoms with Crippen molar-refractivity contribution in [1.29, 1.82) is 0 Å². The van der Waals surface area contributed by atoms with E-state index in [0.29, 0.717) is 6.54 Å². The van der Waals surface area contributed by atoms with Gasteiger partial charge in [0.2, 0.25) is 0 Å². The van der Waals surface area contributed by atoms with Crippen molar-refractivity contribution in [1.82, 2.24) is 0 Å². The van der Waals surface area contributed by atoms with E-state index in [1.165, 1.54) is 44.6 Å². The Morgan fingerprint density at radius 1 is 0.895 bits per heavy atom. The molecule has 3 N–H and O–H groups in total. The number of aromatic nitrogens is 1. The average Bonchev–Trinajstić information content (AvgIpc) is 2.41. The predicted molar refractivity (Wildman–Crippen MR) is 74.2 cm³/mol. The van der Waals surface area contributed by atoms with Crippen LogP contribution in [0.25, 0.3) is 0 Å². The fourth-order valence-corrected chi connectivity index (χ4v) is 2.16. The number of hydrogen-bond donors (Lipinski definition) is 3. The number of hydrogen-bond acceptors (Lipinski definition) is 3. The molecule has 1 rings (SSSR count). The summed E-state index contributed by atoms with van der Waals surface area (Å²) < 4.78 is 1.56. The molecule has 0 amide bonds. The van der Waals surface area contributed by atoms with Crippen LogP contribution in [0.2, 0.25) is 0 Å². The van der Waals surface area contributed by atoms with Gasteiger partial charge in [0, 0.05) is 12.5 Å². The maximum absolute atomic E-state index is 9.63. The molecule has 1 heterocycles. The van der Waals surface area contributed by atoms with Crippen LogP contribution in [0.5, 0.6) is 17.4 Å². The van der Waals surface area contributed by atoms with Gasteiger partial charge in [-0.05, 0) is 6.42 Å². The normalized spacial score (nSPS) is 10.8. The Balaban J connectivity index is 2.18. The zero-order valence-corrected chi connectivity index (χ0v) is 11.8. The molecule has 0 spiro atoms. The Hall–Kier alpha value is -1.45. The molecule has 19 heavy (non-hydrogen) atoms. The second-order valence-corrected chi connectivity index (χ2v) is 5.04. The molecule has 0 unspecified atom stereocenters. The van der Waals surface area contributed by atoms with Gasteiger partial charge in [0.1, 0.15) is 0 Å². The van der Waals surface area contributed by atoms with E-state index < -0.39 is 5.75 Å². The summed E-state index contributed by atoms with van der Waals surface area (Å²) in [6.45, 7) is 2.88. The number of rotatable bonds is 9. The van der Waals surface area contributed by atoms with Crippen molar-refractivity contribution in [2.75, 3.05) is 0 Å². The minimum absolute atomic E-state index is 0.261. The molecule has 0 saturated heterocycles. The Bertz CT molecular complexity index is 380. The summed E-state index contributed by atoms with van der Waals surface area (Å²) in [5.41, 5.74) is 0. The van der Waals surface area contributed by atoms with Crippen LogP contribution >= 0.6 is 0 Å². The topological polar surface area (TPSA) is 64.6 Å². The third-order valence-electron chi connectivity index (χ3n) is 3.39. The van der Waals surface area contributed by atoms with E-state index in [-0.39, 0.29) is 11.6 Å². The van der Waals surface area contributed by atoms with Crippen molar-refractivity contribution >= 4 is 0 Å². The first-order chi connectivity index (χ1) is 9.16. The lowest BCUT2D eigenvalue weighted by molar-refractivity contribution is -0.703. The van der Waals surface area contributed by atoms with Crippen molar-refractivity contribution in [3.05, 3.63) is 12.3 Å². The van der Waals surface area contributed by atoms with E-state index >= 15 is 0 Å². The zero-order chi connectivity index (χ0) is 14.1. The van der Waals surface area contributed by atoms with E-state index in [0.717, 1.165) is 12.8 Å². The molecule has 0 radical (unpaired) electrons. The van der Waals surface area contributed by atoms with Crippen LogP contribution in [0, 0.1) is 0 Å². The second kappa shape index (κ2) is 8.62. The van der Waals surface area contributed by atoms with Gasteiger partial charge in [-0.25, -0.2) is 0 Å². The number of aromatic hydroxyl groups is 3. The van der Waals surface area contributed by atoms with E-state index in [4.69, 9.17) is 0 Å². The summed E-state index contributed by atoms with van der Waals surface area (Å²) in [6, 6.07) is 1.39. The van der Waals surface area contributed by atoms with Gasteiger partial charge in [-0.15, -0.1) is 0 Å². The number of aryl methyl sites for hydroxylation is 1. The van der Waals surface area contributed by atoms with Crippen LogP contribution in [0.1, 0.15) is 58.3 Å². The lowest BCUT2D eigenvalue weighted by Crippen LogP contribution is -2.33. The lowest BCUT2D eigenvalue weighted by Gasteiger charge is -2.02. The highest BCUT2D eigenvalue weighted by Crippen LogP contribution is 2.29. The van der Waals surface area contributed by atoms with Gasteiger partial charge >= 0.3 is 5.88 Å². The third-order valence-corrected chi connectivity index (χ3v) is 3.39. The fraction of sp³-hybridized carbons (Fsp3) is 0.667. The first-order valence-corrected chi connectivity index (χ1v) is 7.30. The van der Waals surface area contributed by atoms with E-state index in [1.807, 2.05) is 0 Å². The van der Waals surface area contributed by atoms with Crippen molar-refractivity contribution in [2.45, 2.75) is 64.8 Å². The predicted octanol–water partition coefficient (Wildman–Crippen LogP) is 3.23. The lowest BCUT2D eigenvalue weighted by atomic mass is 10.1. The molecular weight excluding hydrogens is 242 g/mol. The van der Waals surface area contributed by atoms with E-state index in [9.17, 15) is 15.3 Å². The molecule has 4 nitrogen and oxygen atoms in total. The van der Waals surface area contributed by atoms with E-state index in [1.54, 1.807) is 10.8 Å². The van der Waals surface area contributed by atoms with Crippen molar-refractivity contribution in [3.8, 4) is 17.4 Å². The molecule has 0 bridgehead atoms. The third kappa shape index (κ3) is 5.37. The molecule has 0 aromatic carbocycles. The molecule has 4 heteroatoms. The maximum Gasteiger partial charge on any atom is 0.412 e. The first kappa shape index (κ1) is 15.6. The highest BCUT2D eigenvalue weighted by molar-refractivity contribution is 5.40. The molecule has 0 fully saturated rings. The van der Waals surface area contributed by atoms with Gasteiger partial charge in [0.25, 0.3) is 5.75 Å². The quantitative estimate of drug-likeness (QED) is 0.476. The minimum atomic E-state index is -0.443. The summed E-state index contributed by atoms with van der Waals surface area (Å²) in [4.78, 5) is 0. The smallest absolute Gasteiger partial charge is 0.412 e. The molecule has 0 aliphatic heterocycles. The van der Waals surface area contributed by atoms with Gasteiger partial charge in [-0.1, -0.05) is 45.4 Å². The zero-order valence-electron chi connectivity index (χ0n) is 11.8. The summed E-state index contributed by atoms with van der Waals surface area (Å²) >= 11 is 0. The van der Waals surface area contributed by atoms with Crippen LogP contribution in [0.3, 0.4) is 0 Å². The molecule has 0 aliphatic carbocycles. The van der Waals surface area contributed by atoms with Crippen molar-refractivity contribution in [2.24, 2.45) is 0 Å². The highest BCUT2D eigenvalue weighted by Gasteiger charge is 2.17. The van der Waals surface area contributed by atoms with Crippen LogP contribution < -0.4 is 4.57 Å². The summed E-state index contributed by atoms with van der Waals surface area (Å²) in [5, 5.41) is 28.2. The van der Waals surface area contributed by atoms with Crippen molar-refractivity contribution < 1.29 is 19.9 Å². The molecule has 1 aromatic rings. The Labute approximate surface area is 115 Å². The SMILES string of the molecule is CCCCCCCCCC[n+]1ccc(O)c(O)c1O. The molecule has 1 aromatic heterocycles. The number of unbranched alkanes of at least 4 members (excludes halogenated alkanes) is 7. The summed E-state index contributed by atoms with van der Waals surface area (Å²) in [5.74, 6) is -0.991. The maximum atomic E-state index is 9.63. The molecule has 0 aliphatic rings. The van der Waals surface area contributed by atoms with Gasteiger partial charge in [-0.3, -0.25) is 0 Å².